The first-order valence-electron chi connectivity index (χ1n) is 9.66. The van der Waals surface area contributed by atoms with Crippen molar-refractivity contribution in [3.8, 4) is 22.5 Å². The molecule has 0 radical (unpaired) electrons. The summed E-state index contributed by atoms with van der Waals surface area (Å²) in [5.41, 5.74) is 1.87. The Morgan fingerprint density at radius 3 is 2.42 bits per heavy atom. The van der Waals surface area contributed by atoms with Gasteiger partial charge in [0.15, 0.2) is 0 Å². The van der Waals surface area contributed by atoms with Crippen molar-refractivity contribution in [3.05, 3.63) is 82.5 Å². The van der Waals surface area contributed by atoms with Gasteiger partial charge in [-0.25, -0.2) is 27.8 Å². The minimum absolute atomic E-state index is 0.0246. The minimum Gasteiger partial charge on any atom is -0.322 e. The summed E-state index contributed by atoms with van der Waals surface area (Å²) < 4.78 is 44.1. The number of halogens is 3. The van der Waals surface area contributed by atoms with Crippen LogP contribution in [0, 0.1) is 17.5 Å². The standard InChI is InChI=1S/C22H16F3N5O/c23-14-4-2-13(3-5-14)19-20(29-10-1-11-30(29)21(19)31)18-8-9-26-22(28-18)27-17-7-6-15(24)12-16(17)25/h2-9,12H,1,10-11H2,(H,26,27,28). The van der Waals surface area contributed by atoms with E-state index in [-0.39, 0.29) is 17.2 Å². The average molecular weight is 423 g/mol. The van der Waals surface area contributed by atoms with Crippen LogP contribution in [-0.4, -0.2) is 19.3 Å². The minimum atomic E-state index is -0.776. The van der Waals surface area contributed by atoms with Crippen LogP contribution >= 0.6 is 0 Å². The molecular formula is C22H16F3N5O. The van der Waals surface area contributed by atoms with Crippen molar-refractivity contribution in [2.75, 3.05) is 5.32 Å². The summed E-state index contributed by atoms with van der Waals surface area (Å²) in [6, 6.07) is 10.5. The maximum atomic E-state index is 14.0. The lowest BCUT2D eigenvalue weighted by Crippen LogP contribution is -2.17. The Bertz CT molecular complexity index is 1340. The first-order valence-corrected chi connectivity index (χ1v) is 9.66. The zero-order valence-electron chi connectivity index (χ0n) is 16.1. The molecule has 6 nitrogen and oxygen atoms in total. The van der Waals surface area contributed by atoms with Crippen LogP contribution in [0.4, 0.5) is 24.8 Å². The molecular weight excluding hydrogens is 407 g/mol. The number of hydrogen-bond donors (Lipinski definition) is 1. The highest BCUT2D eigenvalue weighted by Gasteiger charge is 2.26. The molecule has 1 aliphatic rings. The van der Waals surface area contributed by atoms with Gasteiger partial charge < -0.3 is 5.32 Å². The summed E-state index contributed by atoms with van der Waals surface area (Å²) in [5.74, 6) is -1.77. The third-order valence-corrected chi connectivity index (χ3v) is 5.18. The number of anilines is 2. The highest BCUT2D eigenvalue weighted by Crippen LogP contribution is 2.32. The topological polar surface area (TPSA) is 64.7 Å². The molecule has 0 atom stereocenters. The third-order valence-electron chi connectivity index (χ3n) is 5.18. The molecule has 0 saturated carbocycles. The molecule has 9 heteroatoms. The average Bonchev–Trinajstić information content (AvgIpc) is 3.33. The second-order valence-corrected chi connectivity index (χ2v) is 7.15. The predicted molar refractivity (Wildman–Crippen MR) is 109 cm³/mol. The Kier molecular flexibility index (Phi) is 4.58. The highest BCUT2D eigenvalue weighted by molar-refractivity contribution is 5.79. The molecule has 0 saturated heterocycles. The van der Waals surface area contributed by atoms with Gasteiger partial charge in [-0.3, -0.25) is 9.48 Å². The van der Waals surface area contributed by atoms with E-state index in [4.69, 9.17) is 0 Å². The Morgan fingerprint density at radius 2 is 1.65 bits per heavy atom. The molecule has 5 rings (SSSR count). The van der Waals surface area contributed by atoms with E-state index in [0.717, 1.165) is 18.6 Å². The molecule has 0 amide bonds. The Labute approximate surface area is 174 Å². The zero-order valence-corrected chi connectivity index (χ0v) is 16.1. The molecule has 156 valence electrons. The van der Waals surface area contributed by atoms with E-state index < -0.39 is 17.5 Å². The van der Waals surface area contributed by atoms with Crippen LogP contribution in [0.1, 0.15) is 6.42 Å². The van der Waals surface area contributed by atoms with E-state index in [1.54, 1.807) is 22.9 Å². The number of nitrogens with zero attached hydrogens (tertiary/aromatic N) is 4. The third kappa shape index (κ3) is 3.37. The molecule has 0 fully saturated rings. The second-order valence-electron chi connectivity index (χ2n) is 7.15. The van der Waals surface area contributed by atoms with Crippen molar-refractivity contribution in [1.82, 2.24) is 19.3 Å². The lowest BCUT2D eigenvalue weighted by molar-refractivity contribution is 0.586. The van der Waals surface area contributed by atoms with Crippen molar-refractivity contribution in [3.63, 3.8) is 0 Å². The Morgan fingerprint density at radius 1 is 0.903 bits per heavy atom. The van der Waals surface area contributed by atoms with Crippen LogP contribution in [0.2, 0.25) is 0 Å². The summed E-state index contributed by atoms with van der Waals surface area (Å²) in [5, 5.41) is 2.74. The fourth-order valence-corrected chi connectivity index (χ4v) is 3.81. The number of rotatable bonds is 4. The summed E-state index contributed by atoms with van der Waals surface area (Å²) in [6.07, 6.45) is 2.30. The van der Waals surface area contributed by atoms with Gasteiger partial charge in [0.05, 0.1) is 22.6 Å². The van der Waals surface area contributed by atoms with E-state index in [2.05, 4.69) is 15.3 Å². The fourth-order valence-electron chi connectivity index (χ4n) is 3.81. The van der Waals surface area contributed by atoms with Gasteiger partial charge in [0.25, 0.3) is 5.56 Å². The van der Waals surface area contributed by atoms with Gasteiger partial charge >= 0.3 is 0 Å². The molecule has 2 aromatic heterocycles. The number of nitrogens with one attached hydrogen (secondary N) is 1. The smallest absolute Gasteiger partial charge is 0.275 e. The zero-order chi connectivity index (χ0) is 21.5. The first-order chi connectivity index (χ1) is 15.0. The molecule has 0 spiro atoms. The van der Waals surface area contributed by atoms with Crippen molar-refractivity contribution >= 4 is 11.6 Å². The van der Waals surface area contributed by atoms with E-state index in [1.807, 2.05) is 4.68 Å². The molecule has 1 N–H and O–H groups in total. The molecule has 3 heterocycles. The van der Waals surface area contributed by atoms with E-state index >= 15 is 0 Å². The first kappa shape index (κ1) is 19.1. The summed E-state index contributed by atoms with van der Waals surface area (Å²) in [7, 11) is 0. The molecule has 0 bridgehead atoms. The Hall–Kier alpha value is -3.88. The second kappa shape index (κ2) is 7.42. The maximum Gasteiger partial charge on any atom is 0.275 e. The Balaban J connectivity index is 1.62. The highest BCUT2D eigenvalue weighted by atomic mass is 19.1. The van der Waals surface area contributed by atoms with Gasteiger partial charge in [-0.1, -0.05) is 12.1 Å². The monoisotopic (exact) mass is 423 g/mol. The van der Waals surface area contributed by atoms with Gasteiger partial charge in [0, 0.05) is 25.4 Å². The lowest BCUT2D eigenvalue weighted by Gasteiger charge is -2.10. The quantitative estimate of drug-likeness (QED) is 0.531. The number of benzene rings is 2. The lowest BCUT2D eigenvalue weighted by atomic mass is 10.0. The van der Waals surface area contributed by atoms with Crippen molar-refractivity contribution in [2.45, 2.75) is 19.5 Å². The van der Waals surface area contributed by atoms with Crippen LogP contribution in [0.25, 0.3) is 22.5 Å². The van der Waals surface area contributed by atoms with Crippen molar-refractivity contribution in [1.29, 1.82) is 0 Å². The fraction of sp³-hybridized carbons (Fsp3) is 0.136. The SMILES string of the molecule is O=c1c(-c2ccc(F)cc2)c(-c2ccnc(Nc3ccc(F)cc3F)n2)n2n1CCC2. The van der Waals surface area contributed by atoms with Gasteiger partial charge in [0.1, 0.15) is 17.5 Å². The van der Waals surface area contributed by atoms with Crippen LogP contribution in [0.15, 0.2) is 59.5 Å². The normalized spacial score (nSPS) is 12.7. The van der Waals surface area contributed by atoms with Gasteiger partial charge in [-0.15, -0.1) is 0 Å². The number of fused-ring (bicyclic) bond motifs is 1. The van der Waals surface area contributed by atoms with Crippen molar-refractivity contribution in [2.24, 2.45) is 0 Å². The summed E-state index contributed by atoms with van der Waals surface area (Å²) in [4.78, 5) is 21.7. The van der Waals surface area contributed by atoms with E-state index in [0.29, 0.717) is 35.6 Å². The van der Waals surface area contributed by atoms with Gasteiger partial charge in [-0.2, -0.15) is 0 Å². The summed E-state index contributed by atoms with van der Waals surface area (Å²) in [6.45, 7) is 1.20. The molecule has 2 aromatic carbocycles. The largest absolute Gasteiger partial charge is 0.322 e. The van der Waals surface area contributed by atoms with Crippen LogP contribution in [-0.2, 0) is 13.1 Å². The number of aromatic nitrogens is 4. The van der Waals surface area contributed by atoms with Gasteiger partial charge in [0.2, 0.25) is 5.95 Å². The molecule has 0 aliphatic carbocycles. The molecule has 0 unspecified atom stereocenters. The molecule has 4 aromatic rings. The maximum absolute atomic E-state index is 14.0. The van der Waals surface area contributed by atoms with Crippen LogP contribution in [0.5, 0.6) is 0 Å². The van der Waals surface area contributed by atoms with Gasteiger partial charge in [-0.05, 0) is 42.3 Å². The molecule has 31 heavy (non-hydrogen) atoms. The van der Waals surface area contributed by atoms with Crippen molar-refractivity contribution < 1.29 is 13.2 Å². The summed E-state index contributed by atoms with van der Waals surface area (Å²) >= 11 is 0. The van der Waals surface area contributed by atoms with E-state index in [1.165, 1.54) is 24.4 Å². The predicted octanol–water partition coefficient (Wildman–Crippen LogP) is 4.34. The van der Waals surface area contributed by atoms with Crippen LogP contribution in [0.3, 0.4) is 0 Å². The molecule has 1 aliphatic heterocycles. The van der Waals surface area contributed by atoms with Crippen LogP contribution < -0.4 is 10.9 Å². The number of hydrogen-bond acceptors (Lipinski definition) is 4. The van der Waals surface area contributed by atoms with E-state index in [9.17, 15) is 18.0 Å².